The van der Waals surface area contributed by atoms with Gasteiger partial charge in [-0.15, -0.1) is 0 Å². The normalized spacial score (nSPS) is 17.7. The van der Waals surface area contributed by atoms with Gasteiger partial charge in [-0.2, -0.15) is 0 Å². The molecule has 3 heteroatoms. The van der Waals surface area contributed by atoms with Crippen LogP contribution in [0.3, 0.4) is 0 Å². The van der Waals surface area contributed by atoms with Crippen molar-refractivity contribution < 1.29 is 9.47 Å². The predicted octanol–water partition coefficient (Wildman–Crippen LogP) is 4.05. The van der Waals surface area contributed by atoms with Crippen molar-refractivity contribution in [3.05, 3.63) is 59.2 Å². The lowest BCUT2D eigenvalue weighted by molar-refractivity contribution is 0.284. The van der Waals surface area contributed by atoms with Crippen molar-refractivity contribution in [1.29, 1.82) is 0 Å². The Kier molecular flexibility index (Phi) is 5.19. The smallest absolute Gasteiger partial charge is 0.161 e. The van der Waals surface area contributed by atoms with Gasteiger partial charge in [0.2, 0.25) is 0 Å². The van der Waals surface area contributed by atoms with Crippen molar-refractivity contribution in [2.24, 2.45) is 0 Å². The number of aryl methyl sites for hydroxylation is 1. The first-order chi connectivity index (χ1) is 11.3. The monoisotopic (exact) mass is 311 g/mol. The molecule has 1 heterocycles. The van der Waals surface area contributed by atoms with Gasteiger partial charge < -0.3 is 14.8 Å². The fourth-order valence-electron chi connectivity index (χ4n) is 3.04. The highest BCUT2D eigenvalue weighted by molar-refractivity contribution is 5.44. The Morgan fingerprint density at radius 1 is 1.09 bits per heavy atom. The molecule has 3 rings (SSSR count). The summed E-state index contributed by atoms with van der Waals surface area (Å²) in [4.78, 5) is 0. The van der Waals surface area contributed by atoms with Gasteiger partial charge in [0, 0.05) is 6.54 Å². The van der Waals surface area contributed by atoms with Crippen LogP contribution in [0.1, 0.15) is 35.4 Å². The van der Waals surface area contributed by atoms with E-state index in [2.05, 4.69) is 48.6 Å². The molecule has 1 atom stereocenters. The van der Waals surface area contributed by atoms with Crippen LogP contribution >= 0.6 is 0 Å². The summed E-state index contributed by atoms with van der Waals surface area (Å²) in [5.41, 5.74) is 3.76. The third kappa shape index (κ3) is 4.05. The molecular weight excluding hydrogens is 286 g/mol. The Labute approximate surface area is 138 Å². The second-order valence-corrected chi connectivity index (χ2v) is 6.23. The van der Waals surface area contributed by atoms with Gasteiger partial charge in [0.25, 0.3) is 0 Å². The molecule has 0 amide bonds. The number of hydrogen-bond donors (Lipinski definition) is 1. The maximum absolute atomic E-state index is 5.96. The van der Waals surface area contributed by atoms with E-state index in [1.807, 2.05) is 6.07 Å². The first-order valence-corrected chi connectivity index (χ1v) is 8.33. The maximum Gasteiger partial charge on any atom is 0.161 e. The SMILES string of the molecule is COc1cc(C2CCCNC2)ccc1OCc1ccc(C)cc1. The fourth-order valence-corrected chi connectivity index (χ4v) is 3.04. The van der Waals surface area contributed by atoms with Gasteiger partial charge in [-0.1, -0.05) is 35.9 Å². The molecule has 2 aromatic carbocycles. The van der Waals surface area contributed by atoms with Gasteiger partial charge in [-0.05, 0) is 55.5 Å². The molecule has 1 unspecified atom stereocenters. The van der Waals surface area contributed by atoms with Crippen molar-refractivity contribution in [2.45, 2.75) is 32.3 Å². The van der Waals surface area contributed by atoms with Crippen LogP contribution in [0.25, 0.3) is 0 Å². The molecule has 2 aromatic rings. The summed E-state index contributed by atoms with van der Waals surface area (Å²) in [6, 6.07) is 14.8. The first-order valence-electron chi connectivity index (χ1n) is 8.33. The highest BCUT2D eigenvalue weighted by Crippen LogP contribution is 2.33. The number of nitrogens with one attached hydrogen (secondary N) is 1. The van der Waals surface area contributed by atoms with Crippen LogP contribution in [0, 0.1) is 6.92 Å². The van der Waals surface area contributed by atoms with Crippen LogP contribution in [0.15, 0.2) is 42.5 Å². The summed E-state index contributed by atoms with van der Waals surface area (Å²) in [5, 5.41) is 3.46. The van der Waals surface area contributed by atoms with Crippen molar-refractivity contribution in [3.63, 3.8) is 0 Å². The topological polar surface area (TPSA) is 30.5 Å². The van der Waals surface area contributed by atoms with Crippen LogP contribution in [-0.2, 0) is 6.61 Å². The van der Waals surface area contributed by atoms with E-state index in [1.54, 1.807) is 7.11 Å². The summed E-state index contributed by atoms with van der Waals surface area (Å²) in [6.45, 7) is 4.82. The molecule has 0 aromatic heterocycles. The molecule has 1 N–H and O–H groups in total. The Bertz CT molecular complexity index is 631. The number of methoxy groups -OCH3 is 1. The second kappa shape index (κ2) is 7.51. The van der Waals surface area contributed by atoms with E-state index in [1.165, 1.54) is 29.5 Å². The molecular formula is C20H25NO2. The van der Waals surface area contributed by atoms with Crippen LogP contribution in [-0.4, -0.2) is 20.2 Å². The molecule has 0 aliphatic carbocycles. The summed E-state index contributed by atoms with van der Waals surface area (Å²) < 4.78 is 11.5. The van der Waals surface area contributed by atoms with E-state index in [0.29, 0.717) is 12.5 Å². The average molecular weight is 311 g/mol. The van der Waals surface area contributed by atoms with Gasteiger partial charge >= 0.3 is 0 Å². The molecule has 1 fully saturated rings. The third-order valence-electron chi connectivity index (χ3n) is 4.47. The van der Waals surface area contributed by atoms with E-state index in [4.69, 9.17) is 9.47 Å². The molecule has 122 valence electrons. The van der Waals surface area contributed by atoms with E-state index in [-0.39, 0.29) is 0 Å². The number of benzene rings is 2. The zero-order valence-corrected chi connectivity index (χ0v) is 14.0. The van der Waals surface area contributed by atoms with Crippen LogP contribution in [0.5, 0.6) is 11.5 Å². The Hall–Kier alpha value is -2.00. The predicted molar refractivity (Wildman–Crippen MR) is 93.3 cm³/mol. The van der Waals surface area contributed by atoms with Gasteiger partial charge in [0.15, 0.2) is 11.5 Å². The van der Waals surface area contributed by atoms with Crippen LogP contribution in [0.2, 0.25) is 0 Å². The molecule has 1 aliphatic heterocycles. The minimum absolute atomic E-state index is 0.557. The van der Waals surface area contributed by atoms with Gasteiger partial charge in [-0.3, -0.25) is 0 Å². The standard InChI is InChI=1S/C20H25NO2/c1-15-5-7-16(8-6-15)14-23-19-10-9-17(12-20(19)22-2)18-4-3-11-21-13-18/h5-10,12,18,21H,3-4,11,13-14H2,1-2H3. The number of hydrogen-bond acceptors (Lipinski definition) is 3. The molecule has 0 saturated carbocycles. The zero-order chi connectivity index (χ0) is 16.1. The van der Waals surface area contributed by atoms with E-state index in [0.717, 1.165) is 24.6 Å². The van der Waals surface area contributed by atoms with Gasteiger partial charge in [0.05, 0.1) is 7.11 Å². The molecule has 23 heavy (non-hydrogen) atoms. The number of piperidine rings is 1. The second-order valence-electron chi connectivity index (χ2n) is 6.23. The van der Waals surface area contributed by atoms with Gasteiger partial charge in [-0.25, -0.2) is 0 Å². The van der Waals surface area contributed by atoms with Crippen molar-refractivity contribution in [1.82, 2.24) is 5.32 Å². The van der Waals surface area contributed by atoms with E-state index < -0.39 is 0 Å². The summed E-state index contributed by atoms with van der Waals surface area (Å²) in [5.74, 6) is 2.20. The van der Waals surface area contributed by atoms with Crippen LogP contribution < -0.4 is 14.8 Å². The highest BCUT2D eigenvalue weighted by atomic mass is 16.5. The lowest BCUT2D eigenvalue weighted by Crippen LogP contribution is -2.28. The Morgan fingerprint density at radius 3 is 2.61 bits per heavy atom. The minimum atomic E-state index is 0.557. The highest BCUT2D eigenvalue weighted by Gasteiger charge is 2.17. The van der Waals surface area contributed by atoms with Gasteiger partial charge in [0.1, 0.15) is 6.61 Å². The van der Waals surface area contributed by atoms with E-state index in [9.17, 15) is 0 Å². The van der Waals surface area contributed by atoms with Crippen LogP contribution in [0.4, 0.5) is 0 Å². The first kappa shape index (κ1) is 15.9. The Morgan fingerprint density at radius 2 is 1.91 bits per heavy atom. The molecule has 1 saturated heterocycles. The van der Waals surface area contributed by atoms with Crippen molar-refractivity contribution >= 4 is 0 Å². The molecule has 0 bridgehead atoms. The minimum Gasteiger partial charge on any atom is -0.493 e. The molecule has 3 nitrogen and oxygen atoms in total. The summed E-state index contributed by atoms with van der Waals surface area (Å²) in [6.07, 6.45) is 2.47. The summed E-state index contributed by atoms with van der Waals surface area (Å²) in [7, 11) is 1.71. The lowest BCUT2D eigenvalue weighted by atomic mass is 9.91. The average Bonchev–Trinajstić information content (AvgIpc) is 2.62. The molecule has 1 aliphatic rings. The third-order valence-corrected chi connectivity index (χ3v) is 4.47. The number of ether oxygens (including phenoxy) is 2. The molecule has 0 radical (unpaired) electrons. The van der Waals surface area contributed by atoms with E-state index >= 15 is 0 Å². The molecule has 0 spiro atoms. The maximum atomic E-state index is 5.96. The largest absolute Gasteiger partial charge is 0.493 e. The fraction of sp³-hybridized carbons (Fsp3) is 0.400. The van der Waals surface area contributed by atoms with Crippen molar-refractivity contribution in [2.75, 3.05) is 20.2 Å². The summed E-state index contributed by atoms with van der Waals surface area (Å²) >= 11 is 0. The Balaban J connectivity index is 1.70. The quantitative estimate of drug-likeness (QED) is 0.903. The van der Waals surface area contributed by atoms with Crippen molar-refractivity contribution in [3.8, 4) is 11.5 Å². The zero-order valence-electron chi connectivity index (χ0n) is 14.0. The lowest BCUT2D eigenvalue weighted by Gasteiger charge is -2.24. The number of rotatable bonds is 5.